The van der Waals surface area contributed by atoms with E-state index in [9.17, 15) is 0 Å². The van der Waals surface area contributed by atoms with Crippen molar-refractivity contribution in [3.05, 3.63) is 164 Å². The van der Waals surface area contributed by atoms with Gasteiger partial charge in [-0.05, 0) is 85.9 Å². The first-order valence-corrected chi connectivity index (χ1v) is 16.6. The molecule has 0 bridgehead atoms. The van der Waals surface area contributed by atoms with E-state index in [4.69, 9.17) is 0 Å². The van der Waals surface area contributed by atoms with Crippen LogP contribution in [0.5, 0.6) is 0 Å². The van der Waals surface area contributed by atoms with Crippen LogP contribution < -0.4 is 0 Å². The summed E-state index contributed by atoms with van der Waals surface area (Å²) >= 11 is 1.88. The van der Waals surface area contributed by atoms with Crippen molar-refractivity contribution in [3.8, 4) is 39.1 Å². The Morgan fingerprint density at radius 1 is 0.326 bits per heavy atom. The van der Waals surface area contributed by atoms with E-state index in [1.54, 1.807) is 0 Å². The average Bonchev–Trinajstić information content (AvgIpc) is 3.47. The van der Waals surface area contributed by atoms with Crippen LogP contribution in [-0.2, 0) is 0 Å². The number of benzene rings is 8. The van der Waals surface area contributed by atoms with Gasteiger partial charge in [-0.3, -0.25) is 0 Å². The summed E-state index contributed by atoms with van der Waals surface area (Å²) in [5.74, 6) is 0. The summed E-state index contributed by atoms with van der Waals surface area (Å²) in [7, 11) is 0. The predicted octanol–water partition coefficient (Wildman–Crippen LogP) is 12.6. The smallest absolute Gasteiger partial charge is 0.0547 e. The summed E-state index contributed by atoms with van der Waals surface area (Å²) in [6.45, 7) is 0. The van der Waals surface area contributed by atoms with E-state index in [1.807, 2.05) is 11.8 Å². The summed E-state index contributed by atoms with van der Waals surface area (Å²) in [5.41, 5.74) is 11.3. The second-order valence-electron chi connectivity index (χ2n) is 12.0. The van der Waals surface area contributed by atoms with Crippen molar-refractivity contribution in [2.75, 3.05) is 0 Å². The summed E-state index contributed by atoms with van der Waals surface area (Å²) in [5, 5.41) is 7.77. The van der Waals surface area contributed by atoms with Crippen LogP contribution in [0, 0.1) is 0 Å². The maximum atomic E-state index is 2.41. The second kappa shape index (κ2) is 9.97. The third kappa shape index (κ3) is 3.65. The molecule has 0 radical (unpaired) electrons. The molecular formula is C44H27NS. The lowest BCUT2D eigenvalue weighted by Crippen LogP contribution is -1.95. The minimum absolute atomic E-state index is 1.18. The molecule has 8 aromatic carbocycles. The molecule has 0 N–H and O–H groups in total. The van der Waals surface area contributed by atoms with E-state index in [-0.39, 0.29) is 0 Å². The first kappa shape index (κ1) is 25.7. The fourth-order valence-electron chi connectivity index (χ4n) is 7.68. The van der Waals surface area contributed by atoms with Crippen LogP contribution in [-0.4, -0.2) is 4.57 Å². The topological polar surface area (TPSA) is 4.93 Å². The Bertz CT molecular complexity index is 2660. The standard InChI is InChI=1S/C44H27NS/c1-2-13-29(14-3-1)45-38-22-8-6-18-37(38)44-39(45)26-24-28-12-10-19-34(42(28)44)31-16-5-4-15-30(31)32-25-27-41-43-35(32)20-11-21-36(43)33-17-7-9-23-40(33)46-41/h1-27H. The monoisotopic (exact) mass is 601 g/mol. The molecule has 214 valence electrons. The molecule has 2 heterocycles. The zero-order chi connectivity index (χ0) is 30.2. The lowest BCUT2D eigenvalue weighted by molar-refractivity contribution is 1.18. The van der Waals surface area contributed by atoms with Crippen LogP contribution in [0.15, 0.2) is 174 Å². The van der Waals surface area contributed by atoms with E-state index < -0.39 is 0 Å². The number of rotatable bonds is 3. The zero-order valence-electron chi connectivity index (χ0n) is 24.9. The molecule has 0 saturated heterocycles. The van der Waals surface area contributed by atoms with E-state index in [2.05, 4.69) is 168 Å². The summed E-state index contributed by atoms with van der Waals surface area (Å²) in [4.78, 5) is 2.65. The highest BCUT2D eigenvalue weighted by Crippen LogP contribution is 2.51. The van der Waals surface area contributed by atoms with Gasteiger partial charge in [0.1, 0.15) is 0 Å². The van der Waals surface area contributed by atoms with Gasteiger partial charge < -0.3 is 4.57 Å². The van der Waals surface area contributed by atoms with Crippen molar-refractivity contribution in [2.24, 2.45) is 0 Å². The first-order valence-electron chi connectivity index (χ1n) is 15.8. The van der Waals surface area contributed by atoms with Gasteiger partial charge in [0.05, 0.1) is 11.0 Å². The molecule has 1 aromatic heterocycles. The van der Waals surface area contributed by atoms with Crippen molar-refractivity contribution < 1.29 is 0 Å². The molecule has 10 rings (SSSR count). The SMILES string of the molecule is c1ccc(-n2c3ccccc3c3c4c(-c5ccccc5-c5ccc6c7c(cccc57)-c5ccccc5S6)cccc4ccc32)cc1. The highest BCUT2D eigenvalue weighted by Gasteiger charge is 2.22. The Kier molecular flexibility index (Phi) is 5.58. The lowest BCUT2D eigenvalue weighted by atomic mass is 9.87. The zero-order valence-corrected chi connectivity index (χ0v) is 25.8. The fourth-order valence-corrected chi connectivity index (χ4v) is 8.81. The molecule has 0 amide bonds. The lowest BCUT2D eigenvalue weighted by Gasteiger charge is -2.22. The van der Waals surface area contributed by atoms with Gasteiger partial charge in [-0.1, -0.05) is 139 Å². The molecule has 0 unspecified atom stereocenters. The van der Waals surface area contributed by atoms with Crippen LogP contribution in [0.2, 0.25) is 0 Å². The summed E-state index contributed by atoms with van der Waals surface area (Å²) in [6, 6.07) is 60.2. The van der Waals surface area contributed by atoms with Crippen LogP contribution in [0.1, 0.15) is 0 Å². The Morgan fingerprint density at radius 3 is 1.85 bits per heavy atom. The fraction of sp³-hybridized carbons (Fsp3) is 0. The third-order valence-corrected chi connectivity index (χ3v) is 10.7. The Labute approximate surface area is 271 Å². The number of hydrogen-bond donors (Lipinski definition) is 0. The van der Waals surface area contributed by atoms with Gasteiger partial charge in [-0.15, -0.1) is 0 Å². The van der Waals surface area contributed by atoms with Gasteiger partial charge in [-0.2, -0.15) is 0 Å². The molecule has 1 aliphatic rings. The minimum atomic E-state index is 1.18. The Morgan fingerprint density at radius 2 is 0.978 bits per heavy atom. The number of para-hydroxylation sites is 2. The summed E-state index contributed by atoms with van der Waals surface area (Å²) in [6.07, 6.45) is 0. The number of fused-ring (bicyclic) bond motifs is 7. The summed E-state index contributed by atoms with van der Waals surface area (Å²) < 4.78 is 2.41. The van der Waals surface area contributed by atoms with Gasteiger partial charge >= 0.3 is 0 Å². The van der Waals surface area contributed by atoms with Gasteiger partial charge in [0.15, 0.2) is 0 Å². The molecular weight excluding hydrogens is 575 g/mol. The normalized spacial score (nSPS) is 12.3. The number of aromatic nitrogens is 1. The van der Waals surface area contributed by atoms with Crippen LogP contribution in [0.4, 0.5) is 0 Å². The molecule has 1 nitrogen and oxygen atoms in total. The van der Waals surface area contributed by atoms with Crippen molar-refractivity contribution in [1.29, 1.82) is 0 Å². The van der Waals surface area contributed by atoms with Gasteiger partial charge in [-0.25, -0.2) is 0 Å². The largest absolute Gasteiger partial charge is 0.309 e. The van der Waals surface area contributed by atoms with Gasteiger partial charge in [0.2, 0.25) is 0 Å². The predicted molar refractivity (Wildman–Crippen MR) is 196 cm³/mol. The molecule has 0 saturated carbocycles. The van der Waals surface area contributed by atoms with Crippen LogP contribution in [0.3, 0.4) is 0 Å². The Hall–Kier alpha value is -5.57. The van der Waals surface area contributed by atoms with Crippen molar-refractivity contribution in [2.45, 2.75) is 9.79 Å². The average molecular weight is 602 g/mol. The molecule has 2 heteroatoms. The first-order chi connectivity index (χ1) is 22.8. The second-order valence-corrected chi connectivity index (χ2v) is 13.1. The van der Waals surface area contributed by atoms with Gasteiger partial charge in [0.25, 0.3) is 0 Å². The third-order valence-electron chi connectivity index (χ3n) is 9.60. The van der Waals surface area contributed by atoms with E-state index in [1.165, 1.54) is 92.2 Å². The molecule has 9 aromatic rings. The molecule has 0 spiro atoms. The van der Waals surface area contributed by atoms with Crippen molar-refractivity contribution in [3.63, 3.8) is 0 Å². The number of nitrogens with zero attached hydrogens (tertiary/aromatic N) is 1. The quantitative estimate of drug-likeness (QED) is 0.195. The molecule has 0 atom stereocenters. The number of hydrogen-bond acceptors (Lipinski definition) is 1. The highest BCUT2D eigenvalue weighted by atomic mass is 32.2. The maximum absolute atomic E-state index is 2.41. The van der Waals surface area contributed by atoms with Gasteiger partial charge in [0, 0.05) is 31.6 Å². The Balaban J connectivity index is 1.28. The van der Waals surface area contributed by atoms with Crippen molar-refractivity contribution in [1.82, 2.24) is 4.57 Å². The highest BCUT2D eigenvalue weighted by molar-refractivity contribution is 7.99. The molecule has 1 aliphatic heterocycles. The van der Waals surface area contributed by atoms with Crippen LogP contribution in [0.25, 0.3) is 82.4 Å². The van der Waals surface area contributed by atoms with E-state index in [0.717, 1.165) is 0 Å². The van der Waals surface area contributed by atoms with Crippen LogP contribution >= 0.6 is 11.8 Å². The molecule has 46 heavy (non-hydrogen) atoms. The minimum Gasteiger partial charge on any atom is -0.309 e. The van der Waals surface area contributed by atoms with Crippen molar-refractivity contribution >= 4 is 55.1 Å². The van der Waals surface area contributed by atoms with E-state index >= 15 is 0 Å². The van der Waals surface area contributed by atoms with E-state index in [0.29, 0.717) is 0 Å². The molecule has 0 aliphatic carbocycles. The molecule has 0 fully saturated rings. The maximum Gasteiger partial charge on any atom is 0.0547 e.